The highest BCUT2D eigenvalue weighted by Crippen LogP contribution is 2.20. The summed E-state index contributed by atoms with van der Waals surface area (Å²) >= 11 is 6.01. The van der Waals surface area contributed by atoms with E-state index < -0.39 is 11.9 Å². The van der Waals surface area contributed by atoms with Gasteiger partial charge in [0.05, 0.1) is 6.61 Å². The van der Waals surface area contributed by atoms with Gasteiger partial charge in [0.15, 0.2) is 6.61 Å². The number of aryl methyl sites for hydroxylation is 2. The first-order chi connectivity index (χ1) is 12.5. The number of para-hydroxylation sites is 1. The van der Waals surface area contributed by atoms with Crippen molar-refractivity contribution >= 4 is 29.2 Å². The zero-order chi connectivity index (χ0) is 18.9. The summed E-state index contributed by atoms with van der Waals surface area (Å²) in [5.74, 6) is -0.0850. The first-order valence-electron chi connectivity index (χ1n) is 8.42. The van der Waals surface area contributed by atoms with Crippen LogP contribution in [0.15, 0.2) is 42.5 Å². The highest BCUT2D eigenvalue weighted by Gasteiger charge is 2.10. The number of esters is 1. The Bertz CT molecular complexity index is 776. The molecule has 0 saturated carbocycles. The average Bonchev–Trinajstić information content (AvgIpc) is 2.62. The van der Waals surface area contributed by atoms with Crippen LogP contribution in [0.4, 0.5) is 5.69 Å². The van der Waals surface area contributed by atoms with Gasteiger partial charge in [-0.15, -0.1) is 0 Å². The van der Waals surface area contributed by atoms with Crippen molar-refractivity contribution < 1.29 is 19.1 Å². The number of amides is 1. The fourth-order valence-electron chi connectivity index (χ4n) is 2.33. The topological polar surface area (TPSA) is 64.6 Å². The first kappa shape index (κ1) is 19.8. The maximum atomic E-state index is 11.9. The van der Waals surface area contributed by atoms with E-state index >= 15 is 0 Å². The van der Waals surface area contributed by atoms with Gasteiger partial charge in [-0.25, -0.2) is 0 Å². The Morgan fingerprint density at radius 3 is 2.65 bits per heavy atom. The molecule has 0 fully saturated rings. The Balaban J connectivity index is 1.78. The van der Waals surface area contributed by atoms with Crippen molar-refractivity contribution in [3.05, 3.63) is 58.6 Å². The molecule has 0 bridgehead atoms. The van der Waals surface area contributed by atoms with Crippen LogP contribution in [0.5, 0.6) is 5.75 Å². The molecule has 5 nitrogen and oxygen atoms in total. The van der Waals surface area contributed by atoms with Crippen LogP contribution in [0.2, 0.25) is 5.02 Å². The fraction of sp³-hybridized carbons (Fsp3) is 0.300. The second kappa shape index (κ2) is 9.82. The second-order valence-electron chi connectivity index (χ2n) is 5.71. The van der Waals surface area contributed by atoms with E-state index in [4.69, 9.17) is 21.1 Å². The molecule has 0 saturated heterocycles. The van der Waals surface area contributed by atoms with Crippen LogP contribution in [-0.2, 0) is 20.7 Å². The zero-order valence-corrected chi connectivity index (χ0v) is 15.6. The summed E-state index contributed by atoms with van der Waals surface area (Å²) in [6.45, 7) is 4.01. The predicted molar refractivity (Wildman–Crippen MR) is 102 cm³/mol. The third kappa shape index (κ3) is 6.08. The van der Waals surface area contributed by atoms with Crippen molar-refractivity contribution in [2.24, 2.45) is 0 Å². The van der Waals surface area contributed by atoms with Gasteiger partial charge in [-0.1, -0.05) is 35.9 Å². The van der Waals surface area contributed by atoms with E-state index in [0.29, 0.717) is 23.7 Å². The largest absolute Gasteiger partial charge is 0.494 e. The lowest BCUT2D eigenvalue weighted by Gasteiger charge is -2.10. The fourth-order valence-corrected chi connectivity index (χ4v) is 2.51. The molecular formula is C20H22ClNO4. The molecule has 0 unspecified atom stereocenters. The number of hydrogen-bond acceptors (Lipinski definition) is 4. The molecule has 2 rings (SSSR count). The molecule has 6 heteroatoms. The van der Waals surface area contributed by atoms with E-state index in [1.807, 2.05) is 38.1 Å². The highest BCUT2D eigenvalue weighted by molar-refractivity contribution is 6.31. The van der Waals surface area contributed by atoms with Gasteiger partial charge in [0.2, 0.25) is 0 Å². The molecule has 138 valence electrons. The summed E-state index contributed by atoms with van der Waals surface area (Å²) < 4.78 is 10.6. The molecule has 2 aromatic carbocycles. The number of halogens is 1. The molecule has 0 radical (unpaired) electrons. The predicted octanol–water partition coefficient (Wildman–Crippen LogP) is 4.16. The van der Waals surface area contributed by atoms with Crippen LogP contribution in [0.25, 0.3) is 0 Å². The molecule has 26 heavy (non-hydrogen) atoms. The van der Waals surface area contributed by atoms with Gasteiger partial charge < -0.3 is 14.8 Å². The first-order valence-corrected chi connectivity index (χ1v) is 8.79. The molecule has 0 spiro atoms. The van der Waals surface area contributed by atoms with Gasteiger partial charge in [-0.2, -0.15) is 0 Å². The Morgan fingerprint density at radius 1 is 1.15 bits per heavy atom. The zero-order valence-electron chi connectivity index (χ0n) is 14.9. The van der Waals surface area contributed by atoms with Crippen LogP contribution in [0.1, 0.15) is 24.5 Å². The van der Waals surface area contributed by atoms with Gasteiger partial charge >= 0.3 is 5.97 Å². The van der Waals surface area contributed by atoms with Crippen molar-refractivity contribution in [3.63, 3.8) is 0 Å². The lowest BCUT2D eigenvalue weighted by atomic mass is 10.1. The number of rotatable bonds is 8. The van der Waals surface area contributed by atoms with Crippen molar-refractivity contribution in [2.75, 3.05) is 18.5 Å². The summed E-state index contributed by atoms with van der Waals surface area (Å²) in [5.41, 5.74) is 2.42. The lowest BCUT2D eigenvalue weighted by Crippen LogP contribution is -2.21. The molecule has 2 aromatic rings. The number of carbonyl (C=O) groups is 2. The quantitative estimate of drug-likeness (QED) is 0.703. The van der Waals surface area contributed by atoms with Gasteiger partial charge in [0, 0.05) is 17.1 Å². The minimum Gasteiger partial charge on any atom is -0.494 e. The summed E-state index contributed by atoms with van der Waals surface area (Å²) in [7, 11) is 0. The molecule has 0 aliphatic rings. The summed E-state index contributed by atoms with van der Waals surface area (Å²) in [6, 6.07) is 12.8. The number of carbonyl (C=O) groups excluding carboxylic acids is 2. The lowest BCUT2D eigenvalue weighted by molar-refractivity contribution is -0.147. The van der Waals surface area contributed by atoms with Gasteiger partial charge in [0.25, 0.3) is 5.91 Å². The number of benzene rings is 2. The molecule has 0 heterocycles. The Labute approximate surface area is 158 Å². The number of ether oxygens (including phenoxy) is 2. The summed E-state index contributed by atoms with van der Waals surface area (Å²) in [6.07, 6.45) is 0.665. The third-order valence-corrected chi connectivity index (χ3v) is 4.10. The minimum absolute atomic E-state index is 0.174. The van der Waals surface area contributed by atoms with Crippen LogP contribution in [0, 0.1) is 6.92 Å². The van der Waals surface area contributed by atoms with Gasteiger partial charge in [0.1, 0.15) is 5.75 Å². The van der Waals surface area contributed by atoms with Crippen LogP contribution < -0.4 is 10.1 Å². The normalized spacial score (nSPS) is 10.3. The number of nitrogens with one attached hydrogen (secondary N) is 1. The van der Waals surface area contributed by atoms with Crippen LogP contribution >= 0.6 is 11.6 Å². The van der Waals surface area contributed by atoms with E-state index in [-0.39, 0.29) is 13.0 Å². The van der Waals surface area contributed by atoms with Crippen molar-refractivity contribution in [2.45, 2.75) is 26.7 Å². The molecule has 0 aliphatic heterocycles. The molecule has 0 aromatic heterocycles. The van der Waals surface area contributed by atoms with E-state index in [9.17, 15) is 9.59 Å². The van der Waals surface area contributed by atoms with E-state index in [1.165, 1.54) is 0 Å². The molecule has 0 atom stereocenters. The maximum Gasteiger partial charge on any atom is 0.306 e. The summed E-state index contributed by atoms with van der Waals surface area (Å²) in [5, 5.41) is 3.21. The monoisotopic (exact) mass is 375 g/mol. The molecule has 0 aliphatic carbocycles. The smallest absolute Gasteiger partial charge is 0.306 e. The van der Waals surface area contributed by atoms with E-state index in [0.717, 1.165) is 16.9 Å². The molecular weight excluding hydrogens is 354 g/mol. The molecule has 1 N–H and O–H groups in total. The average molecular weight is 376 g/mol. The Morgan fingerprint density at radius 2 is 1.92 bits per heavy atom. The van der Waals surface area contributed by atoms with Crippen molar-refractivity contribution in [3.8, 4) is 5.75 Å². The van der Waals surface area contributed by atoms with Crippen LogP contribution in [-0.4, -0.2) is 25.1 Å². The molecule has 1 amide bonds. The Hall–Kier alpha value is -2.53. The maximum absolute atomic E-state index is 11.9. The third-order valence-electron chi connectivity index (χ3n) is 3.69. The number of hydrogen-bond donors (Lipinski definition) is 1. The standard InChI is InChI=1S/C20H22ClNO4/c1-3-25-18-7-5-4-6-15(18)9-11-20(24)26-13-19(23)22-16-10-8-14(2)17(21)12-16/h4-8,10,12H,3,9,11,13H2,1-2H3,(H,22,23). The van der Waals surface area contributed by atoms with Gasteiger partial charge in [-0.05, 0) is 49.6 Å². The second-order valence-corrected chi connectivity index (χ2v) is 6.12. The summed E-state index contributed by atoms with van der Waals surface area (Å²) in [4.78, 5) is 23.8. The van der Waals surface area contributed by atoms with Crippen molar-refractivity contribution in [1.82, 2.24) is 0 Å². The van der Waals surface area contributed by atoms with Crippen molar-refractivity contribution in [1.29, 1.82) is 0 Å². The van der Waals surface area contributed by atoms with Crippen LogP contribution in [0.3, 0.4) is 0 Å². The van der Waals surface area contributed by atoms with E-state index in [1.54, 1.807) is 18.2 Å². The van der Waals surface area contributed by atoms with E-state index in [2.05, 4.69) is 5.32 Å². The highest BCUT2D eigenvalue weighted by atomic mass is 35.5. The number of anilines is 1. The SMILES string of the molecule is CCOc1ccccc1CCC(=O)OCC(=O)Nc1ccc(C)c(Cl)c1. The van der Waals surface area contributed by atoms with Gasteiger partial charge in [-0.3, -0.25) is 9.59 Å². The minimum atomic E-state index is -0.437. The Kier molecular flexibility index (Phi) is 7.48.